The van der Waals surface area contributed by atoms with Crippen LogP contribution in [0.4, 0.5) is 28.0 Å². The molecule has 3 N–H and O–H groups in total. The summed E-state index contributed by atoms with van der Waals surface area (Å²) in [5, 5.41) is 12.0. The maximum absolute atomic E-state index is 13.6. The van der Waals surface area contributed by atoms with E-state index < -0.39 is 95.6 Å². The van der Waals surface area contributed by atoms with Crippen molar-refractivity contribution in [3.63, 3.8) is 0 Å². The molecule has 382 valence electrons. The number of halogens is 2. The zero-order valence-electron chi connectivity index (χ0n) is 38.0. The van der Waals surface area contributed by atoms with Crippen LogP contribution in [-0.4, -0.2) is 126 Å². The van der Waals surface area contributed by atoms with E-state index in [0.717, 1.165) is 25.7 Å². The highest BCUT2D eigenvalue weighted by Crippen LogP contribution is 2.68. The lowest BCUT2D eigenvalue weighted by Gasteiger charge is -2.61. The molecule has 26 heteroatoms. The van der Waals surface area contributed by atoms with Crippen LogP contribution in [0.2, 0.25) is 0 Å². The molecule has 2 aromatic heterocycles. The topological polar surface area (TPSA) is 308 Å². The smallest absolute Gasteiger partial charge is 0.432 e. The summed E-state index contributed by atoms with van der Waals surface area (Å²) in [6.07, 6.45) is 2.73. The predicted octanol–water partition coefficient (Wildman–Crippen LogP) is 2.64. The number of fused-ring (bicyclic) bond motifs is 5. The minimum atomic E-state index is -1.70. The first-order chi connectivity index (χ1) is 32.8. The van der Waals surface area contributed by atoms with Crippen molar-refractivity contribution < 1.29 is 85.2 Å². The van der Waals surface area contributed by atoms with E-state index in [0.29, 0.717) is 53.1 Å². The molecule has 24 nitrogen and oxygen atoms in total. The number of ether oxygens (including phenoxy) is 10. The van der Waals surface area contributed by atoms with Gasteiger partial charge >= 0.3 is 36.0 Å². The Bertz CT molecular complexity index is 2420. The number of aliphatic hydroxyl groups is 1. The number of hydrogen-bond donors (Lipinski definition) is 3. The van der Waals surface area contributed by atoms with Gasteiger partial charge in [-0.3, -0.25) is 33.5 Å². The molecule has 0 amide bonds. The van der Waals surface area contributed by atoms with E-state index >= 15 is 0 Å². The zero-order valence-corrected chi connectivity index (χ0v) is 38.0. The summed E-state index contributed by atoms with van der Waals surface area (Å²) in [5.74, 6) is -2.10. The highest BCUT2D eigenvalue weighted by Gasteiger charge is 2.67. The van der Waals surface area contributed by atoms with Gasteiger partial charge in [0.2, 0.25) is 17.4 Å². The third-order valence-electron chi connectivity index (χ3n) is 14.2. The largest absolute Gasteiger partial charge is 0.510 e. The lowest BCUT2D eigenvalue weighted by molar-refractivity contribution is -0.174. The Balaban J connectivity index is 0.828. The average molecular weight is 987 g/mol. The van der Waals surface area contributed by atoms with Crippen molar-refractivity contribution in [2.24, 2.45) is 34.5 Å². The molecule has 0 spiro atoms. The van der Waals surface area contributed by atoms with E-state index in [1.165, 1.54) is 0 Å². The molecule has 8 atom stereocenters. The van der Waals surface area contributed by atoms with Gasteiger partial charge in [0.05, 0.1) is 38.8 Å². The van der Waals surface area contributed by atoms with Crippen molar-refractivity contribution in [3.8, 4) is 0 Å². The van der Waals surface area contributed by atoms with Gasteiger partial charge in [0.15, 0.2) is 20.1 Å². The summed E-state index contributed by atoms with van der Waals surface area (Å²) in [6, 6.07) is 0. The second-order valence-corrected chi connectivity index (χ2v) is 17.8. The number of aromatic nitrogens is 4. The van der Waals surface area contributed by atoms with Crippen molar-refractivity contribution in [1.82, 2.24) is 19.1 Å². The fourth-order valence-corrected chi connectivity index (χ4v) is 10.7. The number of nitrogens with one attached hydrogen (secondary N) is 2. The Hall–Kier alpha value is -6.15. The van der Waals surface area contributed by atoms with Gasteiger partial charge in [0.1, 0.15) is 38.1 Å². The molecule has 2 aromatic rings. The van der Waals surface area contributed by atoms with Crippen LogP contribution in [0.5, 0.6) is 0 Å². The molecule has 2 heterocycles. The standard InChI is InChI=1S/C43H56F2N4O20/c1-41-8-5-26(69-40(58)65-18-14-61-13-17-64-39(57)68-24-49-21-31(45)34(52)47-36(49)54)19-25(41)3-4-27-28(41)6-9-42(2)29(27)7-10-43(42,59)32(50)22-66-37(55)62-15-11-60-12-16-63-38(56)67-23-48-20-30(44)33(51)46-35(48)53/h20-21,25-29,59H,3-19,22-24H2,1-2H3,(H,46,51,53)(H,47,52,54)/t25-,26-,27-,28+,29+,41+,42+,43+/m1/s1. The molecule has 4 aliphatic rings. The third-order valence-corrected chi connectivity index (χ3v) is 14.2. The highest BCUT2D eigenvalue weighted by molar-refractivity contribution is 5.90. The summed E-state index contributed by atoms with van der Waals surface area (Å²) in [7, 11) is 0. The molecule has 0 unspecified atom stereocenters. The molecular weight excluding hydrogens is 930 g/mol. The van der Waals surface area contributed by atoms with E-state index in [4.69, 9.17) is 42.6 Å². The van der Waals surface area contributed by atoms with E-state index in [-0.39, 0.29) is 88.5 Å². The van der Waals surface area contributed by atoms with Crippen LogP contribution in [0.3, 0.4) is 0 Å². The molecule has 4 fully saturated rings. The number of nitrogens with zero attached hydrogens (tertiary/aromatic N) is 2. The molecular formula is C43H56F2N4O20. The summed E-state index contributed by atoms with van der Waals surface area (Å²) < 4.78 is 78.3. The number of hydrogen-bond acceptors (Lipinski definition) is 20. The van der Waals surface area contributed by atoms with Gasteiger partial charge in [-0.25, -0.2) is 28.8 Å². The summed E-state index contributed by atoms with van der Waals surface area (Å²) >= 11 is 0. The van der Waals surface area contributed by atoms with Gasteiger partial charge in [0.25, 0.3) is 11.1 Å². The Labute approximate surface area is 390 Å². The second-order valence-electron chi connectivity index (χ2n) is 17.8. The first-order valence-electron chi connectivity index (χ1n) is 22.5. The Morgan fingerprint density at radius 1 is 0.623 bits per heavy atom. The fourth-order valence-electron chi connectivity index (χ4n) is 10.7. The van der Waals surface area contributed by atoms with Crippen molar-refractivity contribution in [1.29, 1.82) is 0 Å². The van der Waals surface area contributed by atoms with Crippen LogP contribution in [0, 0.1) is 46.1 Å². The normalized spacial score (nSPS) is 26.8. The number of H-pyrrole nitrogens is 2. The van der Waals surface area contributed by atoms with E-state index in [1.807, 2.05) is 6.92 Å². The molecule has 6 rings (SSSR count). The van der Waals surface area contributed by atoms with E-state index in [2.05, 4.69) is 11.7 Å². The second kappa shape index (κ2) is 23.0. The van der Waals surface area contributed by atoms with Crippen molar-refractivity contribution in [2.75, 3.05) is 59.5 Å². The lowest BCUT2D eigenvalue weighted by atomic mass is 9.44. The molecule has 69 heavy (non-hydrogen) atoms. The third kappa shape index (κ3) is 12.6. The van der Waals surface area contributed by atoms with Crippen LogP contribution in [0.25, 0.3) is 0 Å². The molecule has 0 aliphatic heterocycles. The maximum atomic E-state index is 13.6. The summed E-state index contributed by atoms with van der Waals surface area (Å²) in [6.45, 7) is 0.952. The molecule has 0 bridgehead atoms. The maximum Gasteiger partial charge on any atom is 0.510 e. The summed E-state index contributed by atoms with van der Waals surface area (Å²) in [4.78, 5) is 111. The van der Waals surface area contributed by atoms with Crippen LogP contribution in [0.1, 0.15) is 71.6 Å². The fraction of sp³-hybridized carbons (Fsp3) is 0.698. The van der Waals surface area contributed by atoms with Crippen LogP contribution in [-0.2, 0) is 65.6 Å². The molecule has 0 saturated heterocycles. The minimum Gasteiger partial charge on any atom is -0.432 e. The number of ketones is 1. The number of Topliss-reactive ketones (excluding diaryl/α,β-unsaturated/α-hetero) is 1. The first kappa shape index (κ1) is 52.2. The molecule has 0 radical (unpaired) electrons. The highest BCUT2D eigenvalue weighted by atomic mass is 19.1. The van der Waals surface area contributed by atoms with Gasteiger partial charge in [-0.05, 0) is 86.9 Å². The van der Waals surface area contributed by atoms with Gasteiger partial charge in [-0.15, -0.1) is 0 Å². The number of carbonyl (C=O) groups excluding carboxylic acids is 5. The minimum absolute atomic E-state index is 0.0155. The molecule has 4 aliphatic carbocycles. The SMILES string of the molecule is C[C@]12CC[C@@H](OC(=O)OCCOCCOC(=O)OCn3cc(F)c(=O)[nH]c3=O)C[C@H]1CC[C@@H]1[C@@H]2CC[C@@]2(C)[C@H]1CC[C@]2(O)C(=O)COC(=O)OCCOCCOC(=O)OCn1cc(F)c(=O)[nH]c1=O. The van der Waals surface area contributed by atoms with Crippen molar-refractivity contribution in [2.45, 2.75) is 96.8 Å². The van der Waals surface area contributed by atoms with E-state index in [9.17, 15) is 57.0 Å². The van der Waals surface area contributed by atoms with Gasteiger partial charge in [-0.1, -0.05) is 13.8 Å². The van der Waals surface area contributed by atoms with Crippen molar-refractivity contribution in [3.05, 3.63) is 65.7 Å². The zero-order chi connectivity index (χ0) is 49.9. The average Bonchev–Trinajstić information content (AvgIpc) is 3.59. The summed E-state index contributed by atoms with van der Waals surface area (Å²) in [5.41, 5.74) is -6.85. The van der Waals surface area contributed by atoms with Crippen LogP contribution in [0.15, 0.2) is 31.6 Å². The Morgan fingerprint density at radius 3 is 1.65 bits per heavy atom. The first-order valence-corrected chi connectivity index (χ1v) is 22.5. The predicted molar refractivity (Wildman–Crippen MR) is 224 cm³/mol. The van der Waals surface area contributed by atoms with Gasteiger partial charge in [-0.2, -0.15) is 8.78 Å². The Morgan fingerprint density at radius 2 is 1.12 bits per heavy atom. The van der Waals surface area contributed by atoms with Crippen LogP contribution >= 0.6 is 0 Å². The quantitative estimate of drug-likeness (QED) is 0.0975. The molecule has 4 saturated carbocycles. The lowest BCUT2D eigenvalue weighted by Crippen LogP contribution is -2.59. The molecule has 0 aromatic carbocycles. The van der Waals surface area contributed by atoms with Gasteiger partial charge < -0.3 is 52.5 Å². The van der Waals surface area contributed by atoms with Crippen molar-refractivity contribution >= 4 is 30.4 Å². The van der Waals surface area contributed by atoms with Crippen LogP contribution < -0.4 is 22.5 Å². The monoisotopic (exact) mass is 986 g/mol. The number of rotatable bonds is 20. The van der Waals surface area contributed by atoms with Gasteiger partial charge in [0, 0.05) is 5.41 Å². The number of aromatic amines is 2. The Kier molecular flexibility index (Phi) is 17.4. The number of carbonyl (C=O) groups is 5. The van der Waals surface area contributed by atoms with E-state index in [1.54, 1.807) is 9.97 Å².